The van der Waals surface area contributed by atoms with Gasteiger partial charge in [-0.05, 0) is 43.5 Å². The van der Waals surface area contributed by atoms with Gasteiger partial charge < -0.3 is 5.32 Å². The summed E-state index contributed by atoms with van der Waals surface area (Å²) in [6.07, 6.45) is 3.36. The minimum absolute atomic E-state index is 0.0408. The van der Waals surface area contributed by atoms with Crippen LogP contribution in [-0.2, 0) is 15.1 Å². The molecule has 176 valence electrons. The first kappa shape index (κ1) is 22.5. The molecule has 0 spiro atoms. The van der Waals surface area contributed by atoms with E-state index < -0.39 is 23.4 Å². The van der Waals surface area contributed by atoms with Crippen molar-refractivity contribution in [3.8, 4) is 0 Å². The number of rotatable bonds is 6. The number of benzene rings is 2. The van der Waals surface area contributed by atoms with Crippen LogP contribution in [0.2, 0.25) is 0 Å². The van der Waals surface area contributed by atoms with Crippen LogP contribution in [0.1, 0.15) is 49.2 Å². The molecule has 1 aromatic heterocycles. The smallest absolute Gasteiger partial charge is 0.318 e. The zero-order chi connectivity index (χ0) is 23.7. The van der Waals surface area contributed by atoms with Gasteiger partial charge in [-0.1, -0.05) is 55.8 Å². The minimum Gasteiger partial charge on any atom is -0.318 e. The first-order chi connectivity index (χ1) is 16.5. The van der Waals surface area contributed by atoms with Gasteiger partial charge in [0.15, 0.2) is 0 Å². The summed E-state index contributed by atoms with van der Waals surface area (Å²) in [6.45, 7) is 2.69. The molecule has 2 aromatic carbocycles. The van der Waals surface area contributed by atoms with Gasteiger partial charge in [-0.3, -0.25) is 19.9 Å². The minimum atomic E-state index is -1.18. The number of urea groups is 1. The molecule has 2 fully saturated rings. The molecule has 3 aromatic rings. The number of carbonyl (C=O) groups is 3. The van der Waals surface area contributed by atoms with Crippen molar-refractivity contribution in [2.24, 2.45) is 0 Å². The number of aromatic nitrogens is 1. The van der Waals surface area contributed by atoms with E-state index in [1.165, 1.54) is 0 Å². The van der Waals surface area contributed by atoms with Crippen molar-refractivity contribution < 1.29 is 14.4 Å². The van der Waals surface area contributed by atoms with Crippen LogP contribution in [0.15, 0.2) is 54.6 Å². The predicted octanol–water partition coefficient (Wildman–Crippen LogP) is 3.71. The van der Waals surface area contributed by atoms with Gasteiger partial charge in [-0.25, -0.2) is 9.78 Å². The summed E-state index contributed by atoms with van der Waals surface area (Å²) in [7, 11) is 0. The lowest BCUT2D eigenvalue weighted by Gasteiger charge is -2.34. The molecule has 0 unspecified atom stereocenters. The number of hydrogen-bond donors (Lipinski definition) is 2. The van der Waals surface area contributed by atoms with Crippen LogP contribution < -0.4 is 10.7 Å². The highest BCUT2D eigenvalue weighted by molar-refractivity contribution is 7.18. The second kappa shape index (κ2) is 9.15. The number of hydrogen-bond acceptors (Lipinski definition) is 6. The summed E-state index contributed by atoms with van der Waals surface area (Å²) in [6, 6.07) is 16.6. The van der Waals surface area contributed by atoms with E-state index >= 15 is 0 Å². The number of piperidine rings is 1. The van der Waals surface area contributed by atoms with E-state index in [4.69, 9.17) is 4.98 Å². The maximum absolute atomic E-state index is 13.3. The molecule has 4 amide bonds. The fourth-order valence-corrected chi connectivity index (χ4v) is 6.01. The van der Waals surface area contributed by atoms with Crippen molar-refractivity contribution in [2.75, 3.05) is 13.1 Å². The standard InChI is InChI=1S/C25H27N5O3S/c1-2-25(17-10-4-3-5-11-17)23(32)30(24(33)27-25)28-21(31)16-29-15-9-8-13-19(29)22-26-18-12-6-7-14-20(18)34-22/h3-7,10-12,14,19H,2,8-9,13,15-16H2,1H3,(H,27,33)(H,28,31)/t19-,25-/m0/s1. The molecule has 34 heavy (non-hydrogen) atoms. The normalized spacial score (nSPS) is 23.3. The molecule has 2 N–H and O–H groups in total. The fraction of sp³-hybridized carbons (Fsp3) is 0.360. The van der Waals surface area contributed by atoms with Crippen LogP contribution in [0.4, 0.5) is 4.79 Å². The average molecular weight is 478 g/mol. The molecular weight excluding hydrogens is 450 g/mol. The maximum Gasteiger partial charge on any atom is 0.344 e. The molecule has 2 aliphatic heterocycles. The fourth-order valence-electron chi connectivity index (χ4n) is 4.88. The lowest BCUT2D eigenvalue weighted by atomic mass is 9.87. The van der Waals surface area contributed by atoms with Gasteiger partial charge in [0, 0.05) is 0 Å². The quantitative estimate of drug-likeness (QED) is 0.528. The molecule has 2 saturated heterocycles. The number of thiazole rings is 1. The van der Waals surface area contributed by atoms with E-state index in [9.17, 15) is 14.4 Å². The van der Waals surface area contributed by atoms with Crippen molar-refractivity contribution in [1.29, 1.82) is 0 Å². The molecular formula is C25H27N5O3S. The Morgan fingerprint density at radius 2 is 1.91 bits per heavy atom. The number of imide groups is 1. The molecule has 0 aliphatic carbocycles. The third kappa shape index (κ3) is 3.95. The van der Waals surface area contributed by atoms with Gasteiger partial charge in [-0.2, -0.15) is 5.01 Å². The summed E-state index contributed by atoms with van der Waals surface area (Å²) < 4.78 is 1.13. The van der Waals surface area contributed by atoms with Gasteiger partial charge in [0.2, 0.25) is 0 Å². The molecule has 2 aliphatic rings. The third-order valence-corrected chi connectivity index (χ3v) is 7.82. The number of hydrazine groups is 1. The number of carbonyl (C=O) groups excluding carboxylic acids is 3. The molecule has 3 heterocycles. The summed E-state index contributed by atoms with van der Waals surface area (Å²) >= 11 is 1.66. The zero-order valence-corrected chi connectivity index (χ0v) is 19.8. The largest absolute Gasteiger partial charge is 0.344 e. The van der Waals surface area contributed by atoms with Crippen molar-refractivity contribution in [3.05, 3.63) is 65.2 Å². The lowest BCUT2D eigenvalue weighted by Crippen LogP contribution is -2.51. The van der Waals surface area contributed by atoms with E-state index in [1.807, 2.05) is 55.5 Å². The van der Waals surface area contributed by atoms with Crippen molar-refractivity contribution >= 4 is 39.4 Å². The van der Waals surface area contributed by atoms with Gasteiger partial charge in [0.05, 0.1) is 22.8 Å². The summed E-state index contributed by atoms with van der Waals surface area (Å²) in [5, 5.41) is 4.62. The molecule has 8 nitrogen and oxygen atoms in total. The second-order valence-corrected chi connectivity index (χ2v) is 9.79. The Morgan fingerprint density at radius 1 is 1.15 bits per heavy atom. The molecule has 9 heteroatoms. The summed E-state index contributed by atoms with van der Waals surface area (Å²) in [5.41, 5.74) is 3.04. The Kier molecular flexibility index (Phi) is 6.05. The van der Waals surface area contributed by atoms with Crippen LogP contribution in [0.25, 0.3) is 10.2 Å². The number of fused-ring (bicyclic) bond motifs is 1. The predicted molar refractivity (Wildman–Crippen MR) is 130 cm³/mol. The number of para-hydroxylation sites is 1. The Labute approximate surface area is 201 Å². The van der Waals surface area contributed by atoms with Crippen molar-refractivity contribution in [1.82, 2.24) is 25.6 Å². The maximum atomic E-state index is 13.3. The SMILES string of the molecule is CC[C@@]1(c2ccccc2)NC(=O)N(NC(=O)CN2CCCC[C@H]2c2nc3ccccc3s2)C1=O. The monoisotopic (exact) mass is 477 g/mol. The Hall–Kier alpha value is -3.30. The first-order valence-electron chi connectivity index (χ1n) is 11.6. The first-order valence-corrected chi connectivity index (χ1v) is 12.4. The Balaban J connectivity index is 1.31. The number of amides is 4. The molecule has 2 atom stereocenters. The molecule has 5 rings (SSSR count). The Morgan fingerprint density at radius 3 is 2.68 bits per heavy atom. The summed E-state index contributed by atoms with van der Waals surface area (Å²) in [4.78, 5) is 45.9. The van der Waals surface area contributed by atoms with Gasteiger partial charge >= 0.3 is 6.03 Å². The highest BCUT2D eigenvalue weighted by Gasteiger charge is 2.52. The third-order valence-electron chi connectivity index (χ3n) is 6.68. The average Bonchev–Trinajstić information content (AvgIpc) is 3.40. The van der Waals surface area contributed by atoms with Crippen LogP contribution in [0.3, 0.4) is 0 Å². The van der Waals surface area contributed by atoms with Gasteiger partial charge in [0.1, 0.15) is 10.5 Å². The Bertz CT molecular complexity index is 1200. The zero-order valence-electron chi connectivity index (χ0n) is 19.0. The summed E-state index contributed by atoms with van der Waals surface area (Å²) in [5.74, 6) is -0.864. The van der Waals surface area contributed by atoms with Crippen molar-refractivity contribution in [2.45, 2.75) is 44.2 Å². The van der Waals surface area contributed by atoms with Crippen LogP contribution in [0.5, 0.6) is 0 Å². The number of nitrogens with one attached hydrogen (secondary N) is 2. The van der Waals surface area contributed by atoms with Crippen LogP contribution in [-0.4, -0.2) is 45.8 Å². The number of likely N-dealkylation sites (tertiary alicyclic amines) is 1. The molecule has 0 bridgehead atoms. The van der Waals surface area contributed by atoms with Crippen LogP contribution >= 0.6 is 11.3 Å². The molecule has 0 radical (unpaired) electrons. The van der Waals surface area contributed by atoms with E-state index in [2.05, 4.69) is 21.7 Å². The highest BCUT2D eigenvalue weighted by Crippen LogP contribution is 2.35. The molecule has 0 saturated carbocycles. The van der Waals surface area contributed by atoms with Gasteiger partial charge in [0.25, 0.3) is 11.8 Å². The topological polar surface area (TPSA) is 94.6 Å². The highest BCUT2D eigenvalue weighted by atomic mass is 32.1. The van der Waals surface area contributed by atoms with Crippen molar-refractivity contribution in [3.63, 3.8) is 0 Å². The van der Waals surface area contributed by atoms with E-state index in [0.29, 0.717) is 12.0 Å². The van der Waals surface area contributed by atoms with E-state index in [1.54, 1.807) is 11.3 Å². The van der Waals surface area contributed by atoms with E-state index in [-0.39, 0.29) is 12.6 Å². The van der Waals surface area contributed by atoms with Crippen LogP contribution in [0, 0.1) is 0 Å². The lowest BCUT2D eigenvalue weighted by molar-refractivity contribution is -0.140. The van der Waals surface area contributed by atoms with Gasteiger partial charge in [-0.15, -0.1) is 11.3 Å². The number of nitrogens with zero attached hydrogens (tertiary/aromatic N) is 3. The van der Waals surface area contributed by atoms with E-state index in [0.717, 1.165) is 46.0 Å². The second-order valence-electron chi connectivity index (χ2n) is 8.73.